The molecule has 0 saturated carbocycles. The summed E-state index contributed by atoms with van der Waals surface area (Å²) in [4.78, 5) is 11.9. The monoisotopic (exact) mass is 280 g/mol. The number of hydrogen-bond acceptors (Lipinski definition) is 4. The summed E-state index contributed by atoms with van der Waals surface area (Å²) in [6.45, 7) is 0. The summed E-state index contributed by atoms with van der Waals surface area (Å²) in [5, 5.41) is 19.2. The van der Waals surface area contributed by atoms with Crippen LogP contribution in [0.25, 0.3) is 11.4 Å². The largest absolute Gasteiger partial charge is 0.323 e. The molecule has 0 aliphatic rings. The molecule has 3 aromatic rings. The molecule has 2 amide bonds. The van der Waals surface area contributed by atoms with Gasteiger partial charge in [0.2, 0.25) is 5.82 Å². The van der Waals surface area contributed by atoms with Gasteiger partial charge in [0, 0.05) is 16.9 Å². The molecule has 0 radical (unpaired) electrons. The molecule has 0 spiro atoms. The van der Waals surface area contributed by atoms with E-state index in [-0.39, 0.29) is 6.03 Å². The van der Waals surface area contributed by atoms with Crippen LogP contribution in [0.1, 0.15) is 0 Å². The van der Waals surface area contributed by atoms with E-state index in [1.54, 1.807) is 12.1 Å². The lowest BCUT2D eigenvalue weighted by molar-refractivity contribution is 0.262. The van der Waals surface area contributed by atoms with Gasteiger partial charge in [0.1, 0.15) is 0 Å². The van der Waals surface area contributed by atoms with Crippen LogP contribution in [0.5, 0.6) is 0 Å². The number of amides is 2. The number of nitrogens with one attached hydrogen (secondary N) is 3. The summed E-state index contributed by atoms with van der Waals surface area (Å²) in [6, 6.07) is 16.1. The highest BCUT2D eigenvalue weighted by Gasteiger charge is 2.06. The second-order valence-electron chi connectivity index (χ2n) is 4.26. The molecule has 0 unspecified atom stereocenters. The van der Waals surface area contributed by atoms with Gasteiger partial charge in [0.05, 0.1) is 0 Å². The summed E-state index contributed by atoms with van der Waals surface area (Å²) in [7, 11) is 0. The number of para-hydroxylation sites is 1. The highest BCUT2D eigenvalue weighted by Crippen LogP contribution is 2.18. The van der Waals surface area contributed by atoms with E-state index in [2.05, 4.69) is 31.3 Å². The second kappa shape index (κ2) is 5.83. The average molecular weight is 280 g/mol. The number of nitrogens with zero attached hydrogens (tertiary/aromatic N) is 3. The Morgan fingerprint density at radius 3 is 2.48 bits per heavy atom. The fraction of sp³-hybridized carbons (Fsp3) is 0. The first kappa shape index (κ1) is 12.8. The van der Waals surface area contributed by atoms with Crippen LogP contribution in [0.2, 0.25) is 0 Å². The summed E-state index contributed by atoms with van der Waals surface area (Å²) >= 11 is 0. The van der Waals surface area contributed by atoms with Crippen LogP contribution in [0, 0.1) is 0 Å². The number of anilines is 2. The Morgan fingerprint density at radius 1 is 0.952 bits per heavy atom. The minimum Gasteiger partial charge on any atom is -0.308 e. The van der Waals surface area contributed by atoms with Crippen molar-refractivity contribution in [3.05, 3.63) is 54.6 Å². The molecule has 21 heavy (non-hydrogen) atoms. The number of rotatable bonds is 3. The minimum atomic E-state index is -0.313. The van der Waals surface area contributed by atoms with E-state index in [1.807, 2.05) is 42.5 Å². The maximum absolute atomic E-state index is 11.9. The van der Waals surface area contributed by atoms with Crippen molar-refractivity contribution in [2.24, 2.45) is 0 Å². The van der Waals surface area contributed by atoms with Crippen LogP contribution < -0.4 is 10.6 Å². The third-order valence-corrected chi connectivity index (χ3v) is 2.76. The lowest BCUT2D eigenvalue weighted by Gasteiger charge is -2.08. The quantitative estimate of drug-likeness (QED) is 0.687. The normalized spacial score (nSPS) is 10.1. The fourth-order valence-electron chi connectivity index (χ4n) is 1.84. The minimum absolute atomic E-state index is 0.313. The number of tetrazole rings is 1. The molecule has 0 saturated heterocycles. The predicted molar refractivity (Wildman–Crippen MR) is 78.7 cm³/mol. The van der Waals surface area contributed by atoms with Gasteiger partial charge in [0.15, 0.2) is 0 Å². The molecule has 0 aliphatic carbocycles. The Kier molecular flexibility index (Phi) is 3.55. The topological polar surface area (TPSA) is 95.6 Å². The summed E-state index contributed by atoms with van der Waals surface area (Å²) < 4.78 is 0. The molecule has 0 atom stereocenters. The second-order valence-corrected chi connectivity index (χ2v) is 4.26. The molecule has 0 aliphatic heterocycles. The van der Waals surface area contributed by atoms with Crippen molar-refractivity contribution in [3.63, 3.8) is 0 Å². The van der Waals surface area contributed by atoms with Crippen LogP contribution >= 0.6 is 0 Å². The first-order valence-electron chi connectivity index (χ1n) is 6.28. The third kappa shape index (κ3) is 3.21. The first-order valence-corrected chi connectivity index (χ1v) is 6.28. The van der Waals surface area contributed by atoms with E-state index in [0.29, 0.717) is 11.5 Å². The first-order chi connectivity index (χ1) is 10.3. The van der Waals surface area contributed by atoms with Crippen molar-refractivity contribution in [2.45, 2.75) is 0 Å². The maximum atomic E-state index is 11.9. The average Bonchev–Trinajstić information content (AvgIpc) is 3.02. The van der Waals surface area contributed by atoms with Crippen LogP contribution in [0.3, 0.4) is 0 Å². The van der Waals surface area contributed by atoms with Crippen molar-refractivity contribution in [2.75, 3.05) is 10.6 Å². The molecule has 2 aromatic carbocycles. The van der Waals surface area contributed by atoms with E-state index in [0.717, 1.165) is 11.3 Å². The molecule has 7 heteroatoms. The predicted octanol–water partition coefficient (Wildman–Crippen LogP) is 2.51. The van der Waals surface area contributed by atoms with E-state index in [9.17, 15) is 4.79 Å². The molecule has 1 heterocycles. The van der Waals surface area contributed by atoms with Crippen LogP contribution in [0.15, 0.2) is 54.6 Å². The van der Waals surface area contributed by atoms with E-state index in [1.165, 1.54) is 0 Å². The zero-order chi connectivity index (χ0) is 14.5. The molecule has 1 aromatic heterocycles. The number of benzene rings is 2. The van der Waals surface area contributed by atoms with Gasteiger partial charge in [0.25, 0.3) is 0 Å². The Balaban J connectivity index is 1.70. The number of carbonyl (C=O) groups is 1. The van der Waals surface area contributed by atoms with Crippen molar-refractivity contribution < 1.29 is 4.79 Å². The molecule has 7 nitrogen and oxygen atoms in total. The number of hydrogen-bond donors (Lipinski definition) is 3. The summed E-state index contributed by atoms with van der Waals surface area (Å²) in [5.74, 6) is 0.474. The molecular weight excluding hydrogens is 268 g/mol. The van der Waals surface area contributed by atoms with Gasteiger partial charge >= 0.3 is 6.03 Å². The number of urea groups is 1. The lowest BCUT2D eigenvalue weighted by Crippen LogP contribution is -2.19. The number of aromatic nitrogens is 4. The highest BCUT2D eigenvalue weighted by atomic mass is 16.2. The van der Waals surface area contributed by atoms with Crippen LogP contribution in [-0.2, 0) is 0 Å². The lowest BCUT2D eigenvalue weighted by atomic mass is 10.2. The fourth-order valence-corrected chi connectivity index (χ4v) is 1.84. The van der Waals surface area contributed by atoms with Crippen LogP contribution in [-0.4, -0.2) is 26.7 Å². The van der Waals surface area contributed by atoms with Gasteiger partial charge < -0.3 is 10.6 Å². The van der Waals surface area contributed by atoms with Gasteiger partial charge in [-0.25, -0.2) is 4.79 Å². The molecule has 0 bridgehead atoms. The Morgan fingerprint density at radius 2 is 1.71 bits per heavy atom. The Labute approximate surface area is 120 Å². The van der Waals surface area contributed by atoms with Crippen LogP contribution in [0.4, 0.5) is 16.2 Å². The SMILES string of the molecule is O=C(Nc1ccccc1)Nc1cccc(-c2nn[nH]n2)c1. The summed E-state index contributed by atoms with van der Waals surface area (Å²) in [5.41, 5.74) is 2.14. The number of aromatic amines is 1. The molecule has 3 N–H and O–H groups in total. The molecule has 104 valence electrons. The van der Waals surface area contributed by atoms with E-state index >= 15 is 0 Å². The van der Waals surface area contributed by atoms with Crippen molar-refractivity contribution >= 4 is 17.4 Å². The highest BCUT2D eigenvalue weighted by molar-refractivity contribution is 6.00. The molecule has 0 fully saturated rings. The molecular formula is C14H12N6O. The summed E-state index contributed by atoms with van der Waals surface area (Å²) in [6.07, 6.45) is 0. The third-order valence-electron chi connectivity index (χ3n) is 2.76. The Hall–Kier alpha value is -3.22. The van der Waals surface area contributed by atoms with Gasteiger partial charge in [-0.05, 0) is 29.5 Å². The van der Waals surface area contributed by atoms with Gasteiger partial charge in [-0.2, -0.15) is 5.21 Å². The number of H-pyrrole nitrogens is 1. The number of carbonyl (C=O) groups excluding carboxylic acids is 1. The van der Waals surface area contributed by atoms with Crippen molar-refractivity contribution in [1.82, 2.24) is 20.6 Å². The van der Waals surface area contributed by atoms with E-state index in [4.69, 9.17) is 0 Å². The van der Waals surface area contributed by atoms with Gasteiger partial charge in [-0.1, -0.05) is 30.3 Å². The zero-order valence-corrected chi connectivity index (χ0v) is 10.9. The Bertz CT molecular complexity index is 726. The zero-order valence-electron chi connectivity index (χ0n) is 10.9. The van der Waals surface area contributed by atoms with Gasteiger partial charge in [-0.3, -0.25) is 0 Å². The van der Waals surface area contributed by atoms with Gasteiger partial charge in [-0.15, -0.1) is 10.2 Å². The smallest absolute Gasteiger partial charge is 0.308 e. The maximum Gasteiger partial charge on any atom is 0.323 e. The van der Waals surface area contributed by atoms with Crippen molar-refractivity contribution in [3.8, 4) is 11.4 Å². The standard InChI is InChI=1S/C14H12N6O/c21-14(15-11-6-2-1-3-7-11)16-12-8-4-5-10(9-12)13-17-19-20-18-13/h1-9H,(H2,15,16,21)(H,17,18,19,20). The van der Waals surface area contributed by atoms with E-state index < -0.39 is 0 Å². The molecule has 3 rings (SSSR count). The van der Waals surface area contributed by atoms with Crippen molar-refractivity contribution in [1.29, 1.82) is 0 Å².